The van der Waals surface area contributed by atoms with E-state index in [0.29, 0.717) is 0 Å². The van der Waals surface area contributed by atoms with Crippen LogP contribution < -0.4 is 5.73 Å². The van der Waals surface area contributed by atoms with Crippen LogP contribution in [-0.2, 0) is 0 Å². The lowest BCUT2D eigenvalue weighted by Gasteiger charge is -1.97. The molecule has 0 unspecified atom stereocenters. The van der Waals surface area contributed by atoms with Gasteiger partial charge in [-0.1, -0.05) is 0 Å². The molecule has 76 valence electrons. The Bertz CT molecular complexity index is 197. The molecule has 1 aromatic rings. The molecule has 0 fully saturated rings. The fraction of sp³-hybridized carbons (Fsp3) is 0.375. The third-order valence-corrected chi connectivity index (χ3v) is 2.37. The molecule has 1 aromatic heterocycles. The zero-order valence-corrected chi connectivity index (χ0v) is 9.63. The number of pyridine rings is 1. The van der Waals surface area contributed by atoms with Crippen molar-refractivity contribution in [3.63, 3.8) is 0 Å². The van der Waals surface area contributed by atoms with Gasteiger partial charge in [0.05, 0.1) is 0 Å². The molecular weight excluding hydrogens is 227 g/mol. The highest BCUT2D eigenvalue weighted by Gasteiger charge is 1.90. The Morgan fingerprint density at radius 3 is 2.38 bits per heavy atom. The summed E-state index contributed by atoms with van der Waals surface area (Å²) in [5.74, 6) is 1.10. The van der Waals surface area contributed by atoms with Gasteiger partial charge in [-0.25, -0.2) is 0 Å². The van der Waals surface area contributed by atoms with Crippen LogP contribution in [0.5, 0.6) is 0 Å². The molecule has 0 amide bonds. The number of rotatable bonds is 4. The fourth-order valence-electron chi connectivity index (χ4n) is 0.708. The van der Waals surface area contributed by atoms with E-state index in [4.69, 9.17) is 5.73 Å². The van der Waals surface area contributed by atoms with Crippen LogP contribution in [0.2, 0.25) is 0 Å². The van der Waals surface area contributed by atoms with Crippen LogP contribution in [0.4, 0.5) is 0 Å². The lowest BCUT2D eigenvalue weighted by atomic mass is 10.5. The van der Waals surface area contributed by atoms with Gasteiger partial charge in [0.15, 0.2) is 0 Å². The molecule has 2 N–H and O–H groups in total. The minimum absolute atomic E-state index is 0. The van der Waals surface area contributed by atoms with E-state index in [-0.39, 0.29) is 24.8 Å². The highest BCUT2D eigenvalue weighted by atomic mass is 35.5. The molecule has 13 heavy (non-hydrogen) atoms. The van der Waals surface area contributed by atoms with Crippen molar-refractivity contribution in [1.29, 1.82) is 0 Å². The summed E-state index contributed by atoms with van der Waals surface area (Å²) in [7, 11) is 0. The van der Waals surface area contributed by atoms with Crippen LogP contribution >= 0.6 is 36.6 Å². The molecule has 0 radical (unpaired) electrons. The zero-order valence-electron chi connectivity index (χ0n) is 7.18. The van der Waals surface area contributed by atoms with Crippen molar-refractivity contribution in [2.75, 3.05) is 12.3 Å². The Morgan fingerprint density at radius 1 is 1.23 bits per heavy atom. The van der Waals surface area contributed by atoms with Gasteiger partial charge in [0.1, 0.15) is 0 Å². The molecule has 1 rings (SSSR count). The van der Waals surface area contributed by atoms with Crippen LogP contribution in [0.25, 0.3) is 0 Å². The third kappa shape index (κ3) is 7.14. The first-order valence-corrected chi connectivity index (χ1v) is 4.65. The number of nitrogens with zero attached hydrogens (tertiary/aromatic N) is 1. The molecule has 0 aromatic carbocycles. The second-order valence-corrected chi connectivity index (χ2v) is 3.34. The van der Waals surface area contributed by atoms with E-state index in [2.05, 4.69) is 4.98 Å². The van der Waals surface area contributed by atoms with Crippen molar-refractivity contribution in [3.05, 3.63) is 24.5 Å². The minimum atomic E-state index is 0. The maximum atomic E-state index is 5.37. The van der Waals surface area contributed by atoms with Gasteiger partial charge in [0.2, 0.25) is 0 Å². The molecule has 0 saturated carbocycles. The zero-order chi connectivity index (χ0) is 7.94. The molecule has 0 spiro atoms. The summed E-state index contributed by atoms with van der Waals surface area (Å²) in [5.41, 5.74) is 5.37. The minimum Gasteiger partial charge on any atom is -0.330 e. The van der Waals surface area contributed by atoms with Gasteiger partial charge in [0.25, 0.3) is 0 Å². The molecule has 0 aliphatic rings. The van der Waals surface area contributed by atoms with Crippen LogP contribution in [0.15, 0.2) is 29.4 Å². The first kappa shape index (κ1) is 15.5. The van der Waals surface area contributed by atoms with Gasteiger partial charge in [-0.15, -0.1) is 36.6 Å². The van der Waals surface area contributed by atoms with Gasteiger partial charge in [-0.3, -0.25) is 4.98 Å². The topological polar surface area (TPSA) is 38.9 Å². The first-order valence-electron chi connectivity index (χ1n) is 3.66. The number of nitrogens with two attached hydrogens (primary N) is 1. The standard InChI is InChI=1S/C8H12N2S.2ClH/c9-4-1-7-11-8-2-5-10-6-3-8;;/h2-3,5-6H,1,4,7,9H2;2*1H. The molecule has 0 aliphatic heterocycles. The van der Waals surface area contributed by atoms with Crippen molar-refractivity contribution >= 4 is 36.6 Å². The summed E-state index contributed by atoms with van der Waals surface area (Å²) >= 11 is 1.82. The molecule has 0 atom stereocenters. The van der Waals surface area contributed by atoms with Crippen molar-refractivity contribution in [3.8, 4) is 0 Å². The number of thioether (sulfide) groups is 1. The summed E-state index contributed by atoms with van der Waals surface area (Å²) < 4.78 is 0. The lowest BCUT2D eigenvalue weighted by molar-refractivity contribution is 0.943. The van der Waals surface area contributed by atoms with Crippen LogP contribution in [-0.4, -0.2) is 17.3 Å². The largest absolute Gasteiger partial charge is 0.330 e. The van der Waals surface area contributed by atoms with Gasteiger partial charge in [0, 0.05) is 17.3 Å². The number of hydrogen-bond donors (Lipinski definition) is 1. The highest BCUT2D eigenvalue weighted by Crippen LogP contribution is 2.16. The van der Waals surface area contributed by atoms with Crippen LogP contribution in [0.1, 0.15) is 6.42 Å². The van der Waals surface area contributed by atoms with Crippen molar-refractivity contribution < 1.29 is 0 Å². The Labute approximate surface area is 95.5 Å². The van der Waals surface area contributed by atoms with E-state index in [1.165, 1.54) is 4.90 Å². The normalized spacial score (nSPS) is 8.38. The fourth-order valence-corrected chi connectivity index (χ4v) is 1.57. The van der Waals surface area contributed by atoms with Gasteiger partial charge < -0.3 is 5.73 Å². The second-order valence-electron chi connectivity index (χ2n) is 2.17. The average Bonchev–Trinajstić information content (AvgIpc) is 2.07. The monoisotopic (exact) mass is 240 g/mol. The molecule has 0 saturated heterocycles. The molecule has 0 bridgehead atoms. The molecule has 0 aliphatic carbocycles. The SMILES string of the molecule is Cl.Cl.NCCCSc1ccncc1. The summed E-state index contributed by atoms with van der Waals surface area (Å²) in [4.78, 5) is 5.21. The van der Waals surface area contributed by atoms with Crippen molar-refractivity contribution in [1.82, 2.24) is 4.98 Å². The average molecular weight is 241 g/mol. The summed E-state index contributed by atoms with van der Waals surface area (Å²) in [5, 5.41) is 0. The Morgan fingerprint density at radius 2 is 1.85 bits per heavy atom. The molecular formula is C8H14Cl2N2S. The van der Waals surface area contributed by atoms with E-state index >= 15 is 0 Å². The maximum absolute atomic E-state index is 5.37. The van der Waals surface area contributed by atoms with Gasteiger partial charge in [-0.05, 0) is 30.9 Å². The van der Waals surface area contributed by atoms with E-state index in [0.717, 1.165) is 18.7 Å². The smallest absolute Gasteiger partial charge is 0.0278 e. The summed E-state index contributed by atoms with van der Waals surface area (Å²) in [6.07, 6.45) is 4.70. The van der Waals surface area contributed by atoms with Gasteiger partial charge in [-0.2, -0.15) is 0 Å². The first-order chi connectivity index (χ1) is 5.43. The number of aromatic nitrogens is 1. The molecule has 1 heterocycles. The Kier molecular flexibility index (Phi) is 12.1. The Balaban J connectivity index is 0. The van der Waals surface area contributed by atoms with Crippen molar-refractivity contribution in [2.24, 2.45) is 5.73 Å². The second kappa shape index (κ2) is 10.1. The van der Waals surface area contributed by atoms with Gasteiger partial charge >= 0.3 is 0 Å². The summed E-state index contributed by atoms with van der Waals surface area (Å²) in [6, 6.07) is 4.03. The highest BCUT2D eigenvalue weighted by molar-refractivity contribution is 7.99. The van der Waals surface area contributed by atoms with Crippen LogP contribution in [0, 0.1) is 0 Å². The van der Waals surface area contributed by atoms with E-state index < -0.39 is 0 Å². The van der Waals surface area contributed by atoms with E-state index in [9.17, 15) is 0 Å². The lowest BCUT2D eigenvalue weighted by Crippen LogP contribution is -1.99. The quantitative estimate of drug-likeness (QED) is 0.649. The summed E-state index contributed by atoms with van der Waals surface area (Å²) in [6.45, 7) is 0.776. The van der Waals surface area contributed by atoms with Crippen LogP contribution in [0.3, 0.4) is 0 Å². The number of halogens is 2. The molecule has 5 heteroatoms. The van der Waals surface area contributed by atoms with Crippen molar-refractivity contribution in [2.45, 2.75) is 11.3 Å². The maximum Gasteiger partial charge on any atom is 0.0278 e. The Hall–Kier alpha value is 0.0400. The molecule has 2 nitrogen and oxygen atoms in total. The van der Waals surface area contributed by atoms with E-state index in [1.54, 1.807) is 0 Å². The predicted octanol–water partition coefficient (Wildman–Crippen LogP) is 2.37. The number of hydrogen-bond acceptors (Lipinski definition) is 3. The third-order valence-electron chi connectivity index (χ3n) is 1.27. The van der Waals surface area contributed by atoms with E-state index in [1.807, 2.05) is 36.3 Å². The predicted molar refractivity (Wildman–Crippen MR) is 63.1 cm³/mol.